The molecule has 0 atom stereocenters. The predicted molar refractivity (Wildman–Crippen MR) is 94.4 cm³/mol. The minimum atomic E-state index is -4.42. The smallest absolute Gasteiger partial charge is 0.416 e. The van der Waals surface area contributed by atoms with Gasteiger partial charge in [0, 0.05) is 5.56 Å². The summed E-state index contributed by atoms with van der Waals surface area (Å²) in [5.41, 5.74) is 0.0446. The highest BCUT2D eigenvalue weighted by molar-refractivity contribution is 5.91. The lowest BCUT2D eigenvalue weighted by Gasteiger charge is -2.12. The van der Waals surface area contributed by atoms with Gasteiger partial charge in [0.2, 0.25) is 0 Å². The molecule has 0 aliphatic carbocycles. The Balaban J connectivity index is 1.68. The Hall–Kier alpha value is -3.44. The molecule has 0 fully saturated rings. The second kappa shape index (κ2) is 8.29. The lowest BCUT2D eigenvalue weighted by atomic mass is 10.1. The number of pyridine rings is 1. The van der Waals surface area contributed by atoms with E-state index in [1.807, 2.05) is 0 Å². The molecule has 8 nitrogen and oxygen atoms in total. The first-order valence-corrected chi connectivity index (χ1v) is 8.26. The van der Waals surface area contributed by atoms with Crippen LogP contribution in [-0.2, 0) is 6.18 Å². The zero-order chi connectivity index (χ0) is 21.0. The molecule has 3 aromatic rings. The second-order valence-corrected chi connectivity index (χ2v) is 5.81. The number of carbonyl (C=O) groups is 1. The fourth-order valence-corrected chi connectivity index (χ4v) is 2.34. The van der Waals surface area contributed by atoms with E-state index >= 15 is 0 Å². The van der Waals surface area contributed by atoms with Gasteiger partial charge in [-0.2, -0.15) is 13.2 Å². The number of alkyl halides is 3. The molecular weight excluding hydrogens is 393 g/mol. The van der Waals surface area contributed by atoms with Crippen molar-refractivity contribution >= 4 is 17.6 Å². The number of hydrogen-bond acceptors (Lipinski definition) is 7. The molecule has 2 heterocycles. The van der Waals surface area contributed by atoms with Crippen molar-refractivity contribution in [1.82, 2.24) is 15.0 Å². The zero-order valence-electron chi connectivity index (χ0n) is 14.7. The molecule has 1 amide bonds. The molecule has 1 aromatic carbocycles. The molecule has 0 unspecified atom stereocenters. The van der Waals surface area contributed by atoms with Crippen molar-refractivity contribution in [3.8, 4) is 11.3 Å². The average molecular weight is 408 g/mol. The third-order valence-electron chi connectivity index (χ3n) is 3.78. The highest BCUT2D eigenvalue weighted by Crippen LogP contribution is 2.31. The second-order valence-electron chi connectivity index (χ2n) is 5.81. The maximum atomic E-state index is 12.6. The van der Waals surface area contributed by atoms with Crippen molar-refractivity contribution in [2.75, 3.05) is 18.5 Å². The van der Waals surface area contributed by atoms with Crippen LogP contribution >= 0.6 is 0 Å². The van der Waals surface area contributed by atoms with Gasteiger partial charge in [0.15, 0.2) is 5.76 Å². The summed E-state index contributed by atoms with van der Waals surface area (Å²) in [6, 6.07) is 7.38. The van der Waals surface area contributed by atoms with Gasteiger partial charge in [-0.05, 0) is 24.3 Å². The number of benzene rings is 1. The van der Waals surface area contributed by atoms with E-state index in [2.05, 4.69) is 15.3 Å². The van der Waals surface area contributed by atoms with Gasteiger partial charge < -0.3 is 14.8 Å². The molecule has 11 heteroatoms. The summed E-state index contributed by atoms with van der Waals surface area (Å²) < 4.78 is 43.4. The van der Waals surface area contributed by atoms with E-state index in [-0.39, 0.29) is 24.0 Å². The van der Waals surface area contributed by atoms with Gasteiger partial charge in [-0.25, -0.2) is 15.0 Å². The van der Waals surface area contributed by atoms with Crippen LogP contribution in [0.5, 0.6) is 0 Å². The van der Waals surface area contributed by atoms with E-state index in [1.165, 1.54) is 36.7 Å². The van der Waals surface area contributed by atoms with E-state index in [0.717, 1.165) is 12.1 Å². The van der Waals surface area contributed by atoms with Crippen LogP contribution in [0.2, 0.25) is 0 Å². The van der Waals surface area contributed by atoms with Gasteiger partial charge in [0.1, 0.15) is 5.69 Å². The van der Waals surface area contributed by atoms with E-state index < -0.39 is 24.3 Å². The molecule has 2 aromatic heterocycles. The number of rotatable bonds is 6. The highest BCUT2D eigenvalue weighted by Gasteiger charge is 2.30. The minimum Gasteiger partial charge on any atom is -0.423 e. The number of nitrogens with one attached hydrogen (secondary N) is 1. The summed E-state index contributed by atoms with van der Waals surface area (Å²) in [6.45, 7) is -0.642. The third-order valence-corrected chi connectivity index (χ3v) is 3.78. The van der Waals surface area contributed by atoms with Gasteiger partial charge >= 0.3 is 6.18 Å². The average Bonchev–Trinajstić information content (AvgIpc) is 3.16. The minimum absolute atomic E-state index is 0.0376. The van der Waals surface area contributed by atoms with Gasteiger partial charge in [-0.15, -0.1) is 0 Å². The Labute approximate surface area is 162 Å². The number of amides is 1. The predicted octanol–water partition coefficient (Wildman–Crippen LogP) is 3.32. The Kier molecular flexibility index (Phi) is 5.80. The van der Waals surface area contributed by atoms with Gasteiger partial charge in [0.25, 0.3) is 11.9 Å². The first-order chi connectivity index (χ1) is 13.8. The Bertz CT molecular complexity index is 972. The number of hydrogen-bond donors (Lipinski definition) is 3. The van der Waals surface area contributed by atoms with Crippen molar-refractivity contribution in [2.45, 2.75) is 6.18 Å². The Morgan fingerprint density at radius 1 is 1.10 bits per heavy atom. The molecule has 0 saturated heterocycles. The van der Waals surface area contributed by atoms with Crippen molar-refractivity contribution in [2.24, 2.45) is 0 Å². The van der Waals surface area contributed by atoms with Crippen LogP contribution in [0.4, 0.5) is 24.9 Å². The number of oxazole rings is 1. The normalized spacial score (nSPS) is 11.3. The highest BCUT2D eigenvalue weighted by atomic mass is 19.4. The molecule has 3 rings (SSSR count). The summed E-state index contributed by atoms with van der Waals surface area (Å²) in [4.78, 5) is 19.7. The topological polar surface area (TPSA) is 112 Å². The number of aromatic nitrogens is 2. The maximum absolute atomic E-state index is 12.6. The molecule has 0 aliphatic rings. The molecule has 0 bridgehead atoms. The summed E-state index contributed by atoms with van der Waals surface area (Å²) in [6.07, 6.45) is -1.75. The van der Waals surface area contributed by atoms with Crippen LogP contribution in [0, 0.1) is 0 Å². The third kappa shape index (κ3) is 4.89. The van der Waals surface area contributed by atoms with Crippen molar-refractivity contribution < 1.29 is 32.7 Å². The number of nitrogens with zero attached hydrogens (tertiary/aromatic N) is 3. The Morgan fingerprint density at radius 3 is 2.41 bits per heavy atom. The molecule has 0 spiro atoms. The monoisotopic (exact) mass is 408 g/mol. The van der Waals surface area contributed by atoms with Crippen molar-refractivity contribution in [1.29, 1.82) is 0 Å². The van der Waals surface area contributed by atoms with E-state index in [1.54, 1.807) is 0 Å². The molecule has 152 valence electrons. The molecule has 0 saturated carbocycles. The number of halogens is 3. The molecule has 0 radical (unpaired) electrons. The number of carbonyl (C=O) groups excluding carboxylic acids is 1. The van der Waals surface area contributed by atoms with Crippen LogP contribution < -0.4 is 5.32 Å². The van der Waals surface area contributed by atoms with Crippen LogP contribution in [0.15, 0.2) is 53.2 Å². The first kappa shape index (κ1) is 20.3. The zero-order valence-corrected chi connectivity index (χ0v) is 14.7. The van der Waals surface area contributed by atoms with Gasteiger partial charge in [-0.3, -0.25) is 10.0 Å². The number of anilines is 2. The number of hydroxylamine groups is 2. The lowest BCUT2D eigenvalue weighted by Crippen LogP contribution is -2.30. The Morgan fingerprint density at radius 2 is 1.83 bits per heavy atom. The summed E-state index contributed by atoms with van der Waals surface area (Å²) >= 11 is 0. The first-order valence-electron chi connectivity index (χ1n) is 8.26. The lowest BCUT2D eigenvalue weighted by molar-refractivity contribution is -0.137. The standard InChI is InChI=1S/C18H15F3N4O4/c19-18(20,21)12-3-1-11(2-4-12)15-10-23-17(29-15)24-13-5-6-14(22-9-13)16(27)25(28)7-8-26/h1-6,9-10,26,28H,7-8H2,(H,23,24). The van der Waals surface area contributed by atoms with Gasteiger partial charge in [0.05, 0.1) is 36.8 Å². The molecule has 0 aliphatic heterocycles. The quantitative estimate of drug-likeness (QED) is 0.424. The maximum Gasteiger partial charge on any atom is 0.416 e. The number of aliphatic hydroxyl groups is 1. The molecule has 29 heavy (non-hydrogen) atoms. The van der Waals surface area contributed by atoms with Crippen molar-refractivity contribution in [3.63, 3.8) is 0 Å². The van der Waals surface area contributed by atoms with Crippen molar-refractivity contribution in [3.05, 3.63) is 60.0 Å². The fourth-order valence-electron chi connectivity index (χ4n) is 2.34. The van der Waals surface area contributed by atoms with E-state index in [0.29, 0.717) is 16.3 Å². The molecule has 3 N–H and O–H groups in total. The SMILES string of the molecule is O=C(c1ccc(Nc2ncc(-c3ccc(C(F)(F)F)cc3)o2)cn1)N(O)CCO. The summed E-state index contributed by atoms with van der Waals surface area (Å²) in [5, 5.41) is 21.3. The largest absolute Gasteiger partial charge is 0.423 e. The van der Waals surface area contributed by atoms with Crippen LogP contribution in [-0.4, -0.2) is 44.4 Å². The van der Waals surface area contributed by atoms with E-state index in [4.69, 9.17) is 9.52 Å². The van der Waals surface area contributed by atoms with E-state index in [9.17, 15) is 23.2 Å². The number of aliphatic hydroxyl groups excluding tert-OH is 1. The van der Waals surface area contributed by atoms with Crippen LogP contribution in [0.25, 0.3) is 11.3 Å². The summed E-state index contributed by atoms with van der Waals surface area (Å²) in [7, 11) is 0. The fraction of sp³-hybridized carbons (Fsp3) is 0.167. The molecular formula is C18H15F3N4O4. The van der Waals surface area contributed by atoms with Crippen LogP contribution in [0.1, 0.15) is 16.1 Å². The van der Waals surface area contributed by atoms with Gasteiger partial charge in [-0.1, -0.05) is 12.1 Å². The van der Waals surface area contributed by atoms with Crippen LogP contribution in [0.3, 0.4) is 0 Å². The summed E-state index contributed by atoms with van der Waals surface area (Å²) in [5.74, 6) is -0.507.